The first-order valence-corrected chi connectivity index (χ1v) is 7.30. The first-order valence-electron chi connectivity index (χ1n) is 7.30. The first-order chi connectivity index (χ1) is 10.5. The van der Waals surface area contributed by atoms with Crippen LogP contribution < -0.4 is 5.32 Å². The lowest BCUT2D eigenvalue weighted by Crippen LogP contribution is -2.42. The lowest BCUT2D eigenvalue weighted by molar-refractivity contribution is 0.0851. The van der Waals surface area contributed by atoms with Crippen LogP contribution in [0.1, 0.15) is 28.4 Å². The van der Waals surface area contributed by atoms with Crippen molar-refractivity contribution in [1.29, 1.82) is 0 Å². The molecule has 0 aliphatic carbocycles. The van der Waals surface area contributed by atoms with Crippen molar-refractivity contribution in [1.82, 2.24) is 5.32 Å². The van der Waals surface area contributed by atoms with Crippen LogP contribution in [0.3, 0.4) is 0 Å². The largest absolute Gasteiger partial charge is 0.508 e. The Balaban J connectivity index is 2.00. The van der Waals surface area contributed by atoms with Gasteiger partial charge in [0.05, 0.1) is 12.1 Å². The number of aliphatic hydroxyl groups is 1. The van der Waals surface area contributed by atoms with Crippen LogP contribution in [0.4, 0.5) is 0 Å². The molecule has 0 aliphatic heterocycles. The fourth-order valence-corrected chi connectivity index (χ4v) is 2.28. The maximum atomic E-state index is 12.3. The van der Waals surface area contributed by atoms with Crippen LogP contribution in [0.2, 0.25) is 0 Å². The molecular formula is C18H21NO3. The fourth-order valence-electron chi connectivity index (χ4n) is 2.28. The second-order valence-corrected chi connectivity index (χ2v) is 5.47. The number of carbonyl (C=O) groups excluding carboxylic acids is 1. The summed E-state index contributed by atoms with van der Waals surface area (Å²) < 4.78 is 0. The van der Waals surface area contributed by atoms with Crippen LogP contribution in [0, 0.1) is 6.92 Å². The van der Waals surface area contributed by atoms with Gasteiger partial charge in [-0.3, -0.25) is 4.79 Å². The highest BCUT2D eigenvalue weighted by molar-refractivity contribution is 5.96. The van der Waals surface area contributed by atoms with E-state index in [2.05, 4.69) is 5.32 Å². The van der Waals surface area contributed by atoms with Crippen LogP contribution in [-0.2, 0) is 6.42 Å². The van der Waals surface area contributed by atoms with E-state index in [0.717, 1.165) is 5.56 Å². The van der Waals surface area contributed by atoms with Crippen molar-refractivity contribution in [3.05, 3.63) is 65.2 Å². The second kappa shape index (κ2) is 7.09. The summed E-state index contributed by atoms with van der Waals surface area (Å²) in [7, 11) is 0. The lowest BCUT2D eigenvalue weighted by Gasteiger charge is -2.21. The number of phenolic OH excluding ortho intramolecular Hbond substituents is 1. The summed E-state index contributed by atoms with van der Waals surface area (Å²) >= 11 is 0. The van der Waals surface area contributed by atoms with Gasteiger partial charge in [-0.15, -0.1) is 0 Å². The van der Waals surface area contributed by atoms with E-state index in [1.54, 1.807) is 32.0 Å². The molecule has 0 fully saturated rings. The van der Waals surface area contributed by atoms with Crippen LogP contribution in [0.15, 0.2) is 48.5 Å². The van der Waals surface area contributed by atoms with Crippen molar-refractivity contribution >= 4 is 5.91 Å². The Bertz CT molecular complexity index is 640. The Kier molecular flexibility index (Phi) is 5.17. The molecule has 0 aromatic heterocycles. The molecule has 0 bridgehead atoms. The SMILES string of the molecule is Cc1c(O)cccc1C(=O)NC(C)C(O)Cc1ccccc1. The molecule has 4 heteroatoms. The molecule has 0 aliphatic rings. The maximum Gasteiger partial charge on any atom is 0.251 e. The van der Waals surface area contributed by atoms with Crippen LogP contribution in [-0.4, -0.2) is 28.3 Å². The van der Waals surface area contributed by atoms with E-state index in [1.807, 2.05) is 30.3 Å². The van der Waals surface area contributed by atoms with E-state index in [4.69, 9.17) is 0 Å². The number of rotatable bonds is 5. The molecule has 2 aromatic carbocycles. The monoisotopic (exact) mass is 299 g/mol. The van der Waals surface area contributed by atoms with Gasteiger partial charge < -0.3 is 15.5 Å². The summed E-state index contributed by atoms with van der Waals surface area (Å²) in [5, 5.41) is 22.7. The molecule has 2 unspecified atom stereocenters. The fraction of sp³-hybridized carbons (Fsp3) is 0.278. The minimum Gasteiger partial charge on any atom is -0.508 e. The quantitative estimate of drug-likeness (QED) is 0.794. The average Bonchev–Trinajstić information content (AvgIpc) is 2.50. The number of hydrogen-bond acceptors (Lipinski definition) is 3. The number of carbonyl (C=O) groups is 1. The molecule has 2 atom stereocenters. The van der Waals surface area contributed by atoms with Crippen molar-refractivity contribution < 1.29 is 15.0 Å². The molecule has 2 rings (SSSR count). The Morgan fingerprint density at radius 2 is 1.82 bits per heavy atom. The number of hydrogen-bond donors (Lipinski definition) is 3. The van der Waals surface area contributed by atoms with Crippen LogP contribution in [0.25, 0.3) is 0 Å². The number of phenols is 1. The van der Waals surface area contributed by atoms with Gasteiger partial charge in [0, 0.05) is 17.5 Å². The summed E-state index contributed by atoms with van der Waals surface area (Å²) in [6, 6.07) is 14.1. The summed E-state index contributed by atoms with van der Waals surface area (Å²) in [4.78, 5) is 12.3. The molecule has 0 spiro atoms. The third kappa shape index (κ3) is 3.86. The number of aromatic hydroxyl groups is 1. The Morgan fingerprint density at radius 3 is 2.50 bits per heavy atom. The topological polar surface area (TPSA) is 69.6 Å². The average molecular weight is 299 g/mol. The molecule has 1 amide bonds. The minimum absolute atomic E-state index is 0.0881. The minimum atomic E-state index is -0.677. The van der Waals surface area contributed by atoms with Crippen molar-refractivity contribution in [2.45, 2.75) is 32.4 Å². The zero-order valence-electron chi connectivity index (χ0n) is 12.8. The molecule has 0 radical (unpaired) electrons. The maximum absolute atomic E-state index is 12.3. The number of amides is 1. The lowest BCUT2D eigenvalue weighted by atomic mass is 10.0. The normalized spacial score (nSPS) is 13.4. The molecule has 116 valence electrons. The van der Waals surface area contributed by atoms with Crippen LogP contribution in [0.5, 0.6) is 5.75 Å². The third-order valence-electron chi connectivity index (χ3n) is 3.77. The molecule has 0 heterocycles. The van der Waals surface area contributed by atoms with Gasteiger partial charge in [-0.1, -0.05) is 36.4 Å². The third-order valence-corrected chi connectivity index (χ3v) is 3.77. The van der Waals surface area contributed by atoms with Gasteiger partial charge in [0.15, 0.2) is 0 Å². The van der Waals surface area contributed by atoms with Gasteiger partial charge >= 0.3 is 0 Å². The smallest absolute Gasteiger partial charge is 0.251 e. The standard InChI is InChI=1S/C18H21NO3/c1-12-15(9-6-10-16(12)20)18(22)19-13(2)17(21)11-14-7-4-3-5-8-14/h3-10,13,17,20-21H,11H2,1-2H3,(H,19,22). The predicted molar refractivity (Wildman–Crippen MR) is 85.9 cm³/mol. The molecule has 4 nitrogen and oxygen atoms in total. The van der Waals surface area contributed by atoms with Gasteiger partial charge in [0.25, 0.3) is 5.91 Å². The van der Waals surface area contributed by atoms with Gasteiger partial charge in [-0.25, -0.2) is 0 Å². The molecule has 22 heavy (non-hydrogen) atoms. The van der Waals surface area contributed by atoms with E-state index in [1.165, 1.54) is 0 Å². The highest BCUT2D eigenvalue weighted by atomic mass is 16.3. The van der Waals surface area contributed by atoms with E-state index >= 15 is 0 Å². The van der Waals surface area contributed by atoms with Gasteiger partial charge in [-0.2, -0.15) is 0 Å². The van der Waals surface area contributed by atoms with E-state index < -0.39 is 12.1 Å². The van der Waals surface area contributed by atoms with Crippen LogP contribution >= 0.6 is 0 Å². The molecule has 0 saturated carbocycles. The zero-order valence-corrected chi connectivity index (χ0v) is 12.8. The summed E-state index contributed by atoms with van der Waals surface area (Å²) in [5.74, 6) is -0.210. The number of aliphatic hydroxyl groups excluding tert-OH is 1. The second-order valence-electron chi connectivity index (χ2n) is 5.47. The van der Waals surface area contributed by atoms with Gasteiger partial charge in [0.1, 0.15) is 5.75 Å². The van der Waals surface area contributed by atoms with E-state index in [9.17, 15) is 15.0 Å². The molecular weight excluding hydrogens is 278 g/mol. The van der Waals surface area contributed by atoms with Gasteiger partial charge in [-0.05, 0) is 31.5 Å². The van der Waals surface area contributed by atoms with E-state index in [0.29, 0.717) is 17.5 Å². The number of nitrogens with one attached hydrogen (secondary N) is 1. The zero-order chi connectivity index (χ0) is 16.1. The van der Waals surface area contributed by atoms with Crippen molar-refractivity contribution in [2.75, 3.05) is 0 Å². The highest BCUT2D eigenvalue weighted by Crippen LogP contribution is 2.19. The Hall–Kier alpha value is -2.33. The highest BCUT2D eigenvalue weighted by Gasteiger charge is 2.19. The molecule has 3 N–H and O–H groups in total. The number of benzene rings is 2. The van der Waals surface area contributed by atoms with Gasteiger partial charge in [0.2, 0.25) is 0 Å². The van der Waals surface area contributed by atoms with Crippen molar-refractivity contribution in [3.8, 4) is 5.75 Å². The molecule has 2 aromatic rings. The predicted octanol–water partition coefficient (Wildman–Crippen LogP) is 2.42. The summed E-state index contributed by atoms with van der Waals surface area (Å²) in [6.07, 6.45) is -0.203. The summed E-state index contributed by atoms with van der Waals surface area (Å²) in [6.45, 7) is 3.46. The Labute approximate surface area is 130 Å². The Morgan fingerprint density at radius 1 is 1.14 bits per heavy atom. The van der Waals surface area contributed by atoms with Crippen molar-refractivity contribution in [3.63, 3.8) is 0 Å². The molecule has 0 saturated heterocycles. The van der Waals surface area contributed by atoms with Crippen molar-refractivity contribution in [2.24, 2.45) is 0 Å². The first kappa shape index (κ1) is 16.0. The van der Waals surface area contributed by atoms with E-state index in [-0.39, 0.29) is 11.7 Å². The summed E-state index contributed by atoms with van der Waals surface area (Å²) in [5.41, 5.74) is 1.97.